The van der Waals surface area contributed by atoms with Crippen molar-refractivity contribution in [1.29, 1.82) is 0 Å². The van der Waals surface area contributed by atoms with Crippen LogP contribution in [0, 0.1) is 11.8 Å². The molecule has 0 aliphatic carbocycles. The van der Waals surface area contributed by atoms with Gasteiger partial charge in [-0.25, -0.2) is 0 Å². The number of nitrogens with two attached hydrogens (primary N) is 1. The van der Waals surface area contributed by atoms with Crippen LogP contribution in [0.3, 0.4) is 0 Å². The molecule has 1 aromatic carbocycles. The molecule has 0 aliphatic heterocycles. The second kappa shape index (κ2) is 8.18. The van der Waals surface area contributed by atoms with Crippen molar-refractivity contribution in [3.8, 4) is 0 Å². The predicted octanol–water partition coefficient (Wildman–Crippen LogP) is 3.35. The minimum atomic E-state index is -0.766. The largest absolute Gasteiger partial charge is 0.481 e. The Morgan fingerprint density at radius 1 is 1.47 bits per heavy atom. The summed E-state index contributed by atoms with van der Waals surface area (Å²) < 4.78 is 0. The molecule has 19 heavy (non-hydrogen) atoms. The first kappa shape index (κ1) is 16.0. The topological polar surface area (TPSA) is 63.3 Å². The lowest BCUT2D eigenvalue weighted by Gasteiger charge is -2.18. The van der Waals surface area contributed by atoms with Crippen LogP contribution >= 0.6 is 11.6 Å². The summed E-state index contributed by atoms with van der Waals surface area (Å²) in [5.74, 6) is -0.226. The summed E-state index contributed by atoms with van der Waals surface area (Å²) >= 11 is 5.94. The van der Waals surface area contributed by atoms with Gasteiger partial charge in [0.1, 0.15) is 0 Å². The third-order valence-corrected chi connectivity index (χ3v) is 3.58. The monoisotopic (exact) mass is 283 g/mol. The zero-order valence-corrected chi connectivity index (χ0v) is 12.1. The molecule has 0 heterocycles. The van der Waals surface area contributed by atoms with Crippen molar-refractivity contribution in [3.05, 3.63) is 34.9 Å². The lowest BCUT2D eigenvalue weighted by Crippen LogP contribution is -2.20. The number of hydrogen-bond donors (Lipinski definition) is 2. The molecule has 1 aromatic rings. The van der Waals surface area contributed by atoms with Gasteiger partial charge in [-0.3, -0.25) is 4.79 Å². The molecular weight excluding hydrogens is 262 g/mol. The molecule has 1 rings (SSSR count). The van der Waals surface area contributed by atoms with Gasteiger partial charge in [-0.2, -0.15) is 0 Å². The zero-order chi connectivity index (χ0) is 14.3. The third-order valence-electron chi connectivity index (χ3n) is 3.35. The van der Waals surface area contributed by atoms with Gasteiger partial charge in [0.05, 0.1) is 0 Å². The molecule has 0 aromatic heterocycles. The summed E-state index contributed by atoms with van der Waals surface area (Å²) in [5.41, 5.74) is 6.84. The van der Waals surface area contributed by atoms with E-state index in [1.165, 1.54) is 5.56 Å². The molecule has 0 radical (unpaired) electrons. The smallest absolute Gasteiger partial charge is 0.303 e. The van der Waals surface area contributed by atoms with E-state index < -0.39 is 5.97 Å². The molecular formula is C15H22ClNO2. The number of benzene rings is 1. The van der Waals surface area contributed by atoms with Gasteiger partial charge in [0.15, 0.2) is 0 Å². The van der Waals surface area contributed by atoms with E-state index >= 15 is 0 Å². The summed E-state index contributed by atoms with van der Waals surface area (Å²) in [6, 6.07) is 7.86. The van der Waals surface area contributed by atoms with Crippen molar-refractivity contribution < 1.29 is 9.90 Å². The lowest BCUT2D eigenvalue weighted by molar-refractivity contribution is -0.138. The summed E-state index contributed by atoms with van der Waals surface area (Å²) in [5, 5.41) is 9.56. The minimum absolute atomic E-state index is 0.0758. The number of aliphatic carboxylic acids is 1. The molecule has 106 valence electrons. The van der Waals surface area contributed by atoms with E-state index in [1.807, 2.05) is 18.2 Å². The van der Waals surface area contributed by atoms with E-state index in [0.717, 1.165) is 24.3 Å². The fourth-order valence-corrected chi connectivity index (χ4v) is 2.52. The van der Waals surface area contributed by atoms with Crippen LogP contribution in [0.15, 0.2) is 24.3 Å². The second-order valence-corrected chi connectivity index (χ2v) is 5.65. The lowest BCUT2D eigenvalue weighted by atomic mass is 9.89. The highest BCUT2D eigenvalue weighted by molar-refractivity contribution is 6.30. The normalized spacial score (nSPS) is 14.1. The molecule has 0 aliphatic rings. The number of carbonyl (C=O) groups is 1. The van der Waals surface area contributed by atoms with Crippen molar-refractivity contribution in [2.75, 3.05) is 6.54 Å². The zero-order valence-electron chi connectivity index (χ0n) is 11.3. The first-order valence-electron chi connectivity index (χ1n) is 6.67. The van der Waals surface area contributed by atoms with Gasteiger partial charge >= 0.3 is 5.97 Å². The highest BCUT2D eigenvalue weighted by atomic mass is 35.5. The van der Waals surface area contributed by atoms with Crippen molar-refractivity contribution in [1.82, 2.24) is 0 Å². The third kappa shape index (κ3) is 6.60. The van der Waals surface area contributed by atoms with E-state index in [9.17, 15) is 4.79 Å². The SMILES string of the molecule is CC(CCc1cccc(Cl)c1)C[C@H](CN)CC(=O)O. The van der Waals surface area contributed by atoms with Gasteiger partial charge in [0, 0.05) is 11.4 Å². The maximum Gasteiger partial charge on any atom is 0.303 e. The average Bonchev–Trinajstić information content (AvgIpc) is 2.35. The maximum atomic E-state index is 10.7. The van der Waals surface area contributed by atoms with Gasteiger partial charge in [-0.05, 0) is 55.3 Å². The first-order chi connectivity index (χ1) is 9.01. The summed E-state index contributed by atoms with van der Waals surface area (Å²) in [7, 11) is 0. The van der Waals surface area contributed by atoms with Crippen molar-refractivity contribution in [3.63, 3.8) is 0 Å². The second-order valence-electron chi connectivity index (χ2n) is 5.21. The van der Waals surface area contributed by atoms with Crippen molar-refractivity contribution in [2.24, 2.45) is 17.6 Å². The Balaban J connectivity index is 2.38. The molecule has 0 amide bonds. The number of halogens is 1. The van der Waals surface area contributed by atoms with Crippen LogP contribution in [-0.2, 0) is 11.2 Å². The van der Waals surface area contributed by atoms with E-state index in [0.29, 0.717) is 12.5 Å². The molecule has 2 atom stereocenters. The van der Waals surface area contributed by atoms with Crippen LogP contribution in [0.25, 0.3) is 0 Å². The Morgan fingerprint density at radius 3 is 2.79 bits per heavy atom. The Bertz CT molecular complexity index is 409. The van der Waals surface area contributed by atoms with Gasteiger partial charge < -0.3 is 10.8 Å². The summed E-state index contributed by atoms with van der Waals surface area (Å²) in [6.45, 7) is 2.59. The van der Waals surface area contributed by atoms with Gasteiger partial charge in [0.2, 0.25) is 0 Å². The molecule has 4 heteroatoms. The van der Waals surface area contributed by atoms with Gasteiger partial charge in [0.25, 0.3) is 0 Å². The van der Waals surface area contributed by atoms with E-state index in [-0.39, 0.29) is 12.3 Å². The van der Waals surface area contributed by atoms with Crippen LogP contribution in [0.1, 0.15) is 31.7 Å². The Morgan fingerprint density at radius 2 is 2.21 bits per heavy atom. The van der Waals surface area contributed by atoms with E-state index in [2.05, 4.69) is 13.0 Å². The standard InChI is InChI=1S/C15H22ClNO2/c1-11(7-13(10-17)9-15(18)19)5-6-12-3-2-4-14(16)8-12/h2-4,8,11,13H,5-7,9-10,17H2,1H3,(H,18,19)/t11?,13-/m0/s1. The minimum Gasteiger partial charge on any atom is -0.481 e. The van der Waals surface area contributed by atoms with Crippen LogP contribution in [0.2, 0.25) is 5.02 Å². The maximum absolute atomic E-state index is 10.7. The number of aryl methyl sites for hydroxylation is 1. The Labute approximate surface area is 119 Å². The molecule has 0 saturated heterocycles. The first-order valence-corrected chi connectivity index (χ1v) is 7.05. The van der Waals surface area contributed by atoms with Gasteiger partial charge in [-0.15, -0.1) is 0 Å². The quantitative estimate of drug-likeness (QED) is 0.769. The molecule has 0 fully saturated rings. The van der Waals surface area contributed by atoms with Crippen LogP contribution in [-0.4, -0.2) is 17.6 Å². The average molecular weight is 284 g/mol. The number of carboxylic acids is 1. The molecule has 0 saturated carbocycles. The highest BCUT2D eigenvalue weighted by Gasteiger charge is 2.15. The van der Waals surface area contributed by atoms with Gasteiger partial charge in [-0.1, -0.05) is 30.7 Å². The molecule has 3 nitrogen and oxygen atoms in total. The number of carboxylic acid groups (broad SMARTS) is 1. The van der Waals surface area contributed by atoms with E-state index in [1.54, 1.807) is 0 Å². The Kier molecular flexibility index (Phi) is 6.89. The fourth-order valence-electron chi connectivity index (χ4n) is 2.30. The highest BCUT2D eigenvalue weighted by Crippen LogP contribution is 2.20. The summed E-state index contributed by atoms with van der Waals surface area (Å²) in [6.07, 6.45) is 3.02. The molecule has 0 spiro atoms. The van der Waals surface area contributed by atoms with Crippen LogP contribution in [0.4, 0.5) is 0 Å². The Hall–Kier alpha value is -1.06. The van der Waals surface area contributed by atoms with Crippen molar-refractivity contribution >= 4 is 17.6 Å². The summed E-state index contributed by atoms with van der Waals surface area (Å²) in [4.78, 5) is 10.7. The predicted molar refractivity (Wildman–Crippen MR) is 78.4 cm³/mol. The molecule has 1 unspecified atom stereocenters. The van der Waals surface area contributed by atoms with Crippen LogP contribution < -0.4 is 5.73 Å². The van der Waals surface area contributed by atoms with Crippen molar-refractivity contribution in [2.45, 2.75) is 32.6 Å². The number of hydrogen-bond acceptors (Lipinski definition) is 2. The van der Waals surface area contributed by atoms with E-state index in [4.69, 9.17) is 22.4 Å². The van der Waals surface area contributed by atoms with Crippen LogP contribution in [0.5, 0.6) is 0 Å². The molecule has 0 bridgehead atoms. The number of rotatable bonds is 8. The fraction of sp³-hybridized carbons (Fsp3) is 0.533. The molecule has 3 N–H and O–H groups in total.